The van der Waals surface area contributed by atoms with Crippen molar-refractivity contribution in [2.45, 2.75) is 31.3 Å². The fraction of sp³-hybridized carbons (Fsp3) is 0.208. The molecule has 0 radical (unpaired) electrons. The van der Waals surface area contributed by atoms with E-state index in [1.165, 1.54) is 36.4 Å². The van der Waals surface area contributed by atoms with E-state index in [0.29, 0.717) is 10.6 Å². The molecule has 0 aliphatic carbocycles. The third-order valence-corrected chi connectivity index (χ3v) is 7.06. The molecule has 1 amide bonds. The first-order valence-electron chi connectivity index (χ1n) is 10.0. The average molecular weight is 475 g/mol. The molecule has 8 heteroatoms. The van der Waals surface area contributed by atoms with Crippen LogP contribution in [0.4, 0.5) is 4.39 Å². The fourth-order valence-corrected chi connectivity index (χ4v) is 4.67. The molecule has 0 spiro atoms. The number of sulfonamides is 1. The molecule has 0 heterocycles. The number of amides is 1. The Morgan fingerprint density at radius 2 is 1.59 bits per heavy atom. The second-order valence-corrected chi connectivity index (χ2v) is 9.93. The smallest absolute Gasteiger partial charge is 0.243 e. The van der Waals surface area contributed by atoms with Crippen LogP contribution in [0.3, 0.4) is 0 Å². The van der Waals surface area contributed by atoms with E-state index in [2.05, 4.69) is 5.32 Å². The van der Waals surface area contributed by atoms with Crippen molar-refractivity contribution in [1.29, 1.82) is 0 Å². The molecule has 3 aromatic carbocycles. The summed E-state index contributed by atoms with van der Waals surface area (Å²) in [6.07, 6.45) is 0. The molecular formula is C24H24ClFN2O3S. The lowest BCUT2D eigenvalue weighted by Gasteiger charge is -2.23. The highest BCUT2D eigenvalue weighted by Crippen LogP contribution is 2.21. The first-order valence-corrected chi connectivity index (χ1v) is 11.8. The second-order valence-electron chi connectivity index (χ2n) is 7.55. The van der Waals surface area contributed by atoms with E-state index in [1.807, 2.05) is 31.2 Å². The van der Waals surface area contributed by atoms with Gasteiger partial charge >= 0.3 is 0 Å². The van der Waals surface area contributed by atoms with Gasteiger partial charge < -0.3 is 5.32 Å². The molecule has 0 aliphatic rings. The Kier molecular flexibility index (Phi) is 7.66. The van der Waals surface area contributed by atoms with Gasteiger partial charge in [-0.2, -0.15) is 4.31 Å². The Balaban J connectivity index is 1.82. The van der Waals surface area contributed by atoms with Crippen LogP contribution in [0.25, 0.3) is 0 Å². The van der Waals surface area contributed by atoms with Crippen LogP contribution in [0, 0.1) is 12.7 Å². The predicted octanol–water partition coefficient (Wildman–Crippen LogP) is 4.86. The molecule has 5 nitrogen and oxygen atoms in total. The predicted molar refractivity (Wildman–Crippen MR) is 123 cm³/mol. The molecule has 0 fully saturated rings. The Bertz CT molecular complexity index is 1170. The standard InChI is InChI=1S/C24H24ClFN2O3S/c1-17-3-5-19(6-4-17)15-28(32(30,31)23-13-9-21(25)10-14-23)16-24(29)27-18(2)20-7-11-22(26)12-8-20/h3-14,18H,15-16H2,1-2H3,(H,27,29)/t18-/m0/s1. The number of rotatable bonds is 8. The second kappa shape index (κ2) is 10.3. The summed E-state index contributed by atoms with van der Waals surface area (Å²) in [5.41, 5.74) is 2.52. The van der Waals surface area contributed by atoms with Crippen molar-refractivity contribution in [1.82, 2.24) is 9.62 Å². The van der Waals surface area contributed by atoms with Crippen molar-refractivity contribution in [3.8, 4) is 0 Å². The first kappa shape index (κ1) is 23.9. The van der Waals surface area contributed by atoms with Crippen molar-refractivity contribution in [3.05, 3.63) is 100 Å². The summed E-state index contributed by atoms with van der Waals surface area (Å²) >= 11 is 5.90. The molecule has 32 heavy (non-hydrogen) atoms. The van der Waals surface area contributed by atoms with Crippen LogP contribution >= 0.6 is 11.6 Å². The van der Waals surface area contributed by atoms with Gasteiger partial charge in [-0.15, -0.1) is 0 Å². The number of halogens is 2. The van der Waals surface area contributed by atoms with Gasteiger partial charge in [-0.25, -0.2) is 12.8 Å². The van der Waals surface area contributed by atoms with Crippen LogP contribution in [0.1, 0.15) is 29.7 Å². The molecule has 1 atom stereocenters. The van der Waals surface area contributed by atoms with Crippen molar-refractivity contribution in [2.24, 2.45) is 0 Å². The van der Waals surface area contributed by atoms with E-state index in [9.17, 15) is 17.6 Å². The van der Waals surface area contributed by atoms with E-state index in [1.54, 1.807) is 19.1 Å². The third-order valence-electron chi connectivity index (χ3n) is 5.00. The van der Waals surface area contributed by atoms with Gasteiger partial charge in [-0.05, 0) is 61.4 Å². The van der Waals surface area contributed by atoms with Crippen molar-refractivity contribution < 1.29 is 17.6 Å². The lowest BCUT2D eigenvalue weighted by Crippen LogP contribution is -2.41. The van der Waals surface area contributed by atoms with Crippen LogP contribution in [0.15, 0.2) is 77.7 Å². The maximum Gasteiger partial charge on any atom is 0.243 e. The number of nitrogens with zero attached hydrogens (tertiary/aromatic N) is 1. The van der Waals surface area contributed by atoms with Gasteiger partial charge in [0, 0.05) is 11.6 Å². The van der Waals surface area contributed by atoms with E-state index >= 15 is 0 Å². The molecule has 0 saturated heterocycles. The van der Waals surface area contributed by atoms with Gasteiger partial charge in [-0.3, -0.25) is 4.79 Å². The number of benzene rings is 3. The molecule has 0 saturated carbocycles. The number of hydrogen-bond acceptors (Lipinski definition) is 3. The monoisotopic (exact) mass is 474 g/mol. The van der Waals surface area contributed by atoms with Crippen LogP contribution in [-0.4, -0.2) is 25.2 Å². The van der Waals surface area contributed by atoms with Gasteiger partial charge in [0.15, 0.2) is 0 Å². The topological polar surface area (TPSA) is 66.5 Å². The van der Waals surface area contributed by atoms with Crippen LogP contribution in [0.2, 0.25) is 5.02 Å². The van der Waals surface area contributed by atoms with E-state index < -0.39 is 22.0 Å². The summed E-state index contributed by atoms with van der Waals surface area (Å²) in [4.78, 5) is 12.8. The first-order chi connectivity index (χ1) is 15.1. The zero-order valence-electron chi connectivity index (χ0n) is 17.8. The molecule has 168 valence electrons. The molecule has 3 aromatic rings. The van der Waals surface area contributed by atoms with Crippen molar-refractivity contribution in [2.75, 3.05) is 6.54 Å². The van der Waals surface area contributed by atoms with Gasteiger partial charge in [-0.1, -0.05) is 53.6 Å². The summed E-state index contributed by atoms with van der Waals surface area (Å²) in [5, 5.41) is 3.20. The molecule has 3 rings (SSSR count). The third kappa shape index (κ3) is 6.16. The number of hydrogen-bond donors (Lipinski definition) is 1. The molecule has 0 unspecified atom stereocenters. The summed E-state index contributed by atoms with van der Waals surface area (Å²) in [7, 11) is -3.96. The molecular weight excluding hydrogens is 451 g/mol. The number of nitrogens with one attached hydrogen (secondary N) is 1. The molecule has 0 bridgehead atoms. The SMILES string of the molecule is Cc1ccc(CN(CC(=O)N[C@@H](C)c2ccc(F)cc2)S(=O)(=O)c2ccc(Cl)cc2)cc1. The molecule has 0 aliphatic heterocycles. The van der Waals surface area contributed by atoms with E-state index in [4.69, 9.17) is 11.6 Å². The maximum absolute atomic E-state index is 13.3. The number of carbonyl (C=O) groups is 1. The highest BCUT2D eigenvalue weighted by atomic mass is 35.5. The Labute approximate surface area is 192 Å². The normalized spacial score (nSPS) is 12.5. The van der Waals surface area contributed by atoms with Gasteiger partial charge in [0.05, 0.1) is 17.5 Å². The maximum atomic E-state index is 13.3. The zero-order valence-corrected chi connectivity index (χ0v) is 19.3. The Morgan fingerprint density at radius 3 is 2.19 bits per heavy atom. The van der Waals surface area contributed by atoms with Gasteiger partial charge in [0.25, 0.3) is 0 Å². The number of aryl methyl sites for hydroxylation is 1. The highest BCUT2D eigenvalue weighted by Gasteiger charge is 2.27. The minimum Gasteiger partial charge on any atom is -0.348 e. The zero-order chi connectivity index (χ0) is 23.3. The van der Waals surface area contributed by atoms with Crippen molar-refractivity contribution >= 4 is 27.5 Å². The van der Waals surface area contributed by atoms with Crippen LogP contribution in [-0.2, 0) is 21.4 Å². The fourth-order valence-electron chi connectivity index (χ4n) is 3.16. The lowest BCUT2D eigenvalue weighted by atomic mass is 10.1. The summed E-state index contributed by atoms with van der Waals surface area (Å²) in [5.74, 6) is -0.836. The molecule has 1 N–H and O–H groups in total. The summed E-state index contributed by atoms with van der Waals surface area (Å²) in [6, 6.07) is 18.6. The average Bonchev–Trinajstić information content (AvgIpc) is 2.75. The van der Waals surface area contributed by atoms with E-state index in [0.717, 1.165) is 15.4 Å². The quantitative estimate of drug-likeness (QED) is 0.507. The van der Waals surface area contributed by atoms with Crippen LogP contribution in [0.5, 0.6) is 0 Å². The summed E-state index contributed by atoms with van der Waals surface area (Å²) in [6.45, 7) is 3.35. The lowest BCUT2D eigenvalue weighted by molar-refractivity contribution is -0.122. The minimum atomic E-state index is -3.96. The van der Waals surface area contributed by atoms with Crippen molar-refractivity contribution in [3.63, 3.8) is 0 Å². The largest absolute Gasteiger partial charge is 0.348 e. The minimum absolute atomic E-state index is 0.0313. The molecule has 0 aromatic heterocycles. The number of carbonyl (C=O) groups excluding carboxylic acids is 1. The van der Waals surface area contributed by atoms with Gasteiger partial charge in [0.2, 0.25) is 15.9 Å². The van der Waals surface area contributed by atoms with Gasteiger partial charge in [0.1, 0.15) is 5.82 Å². The Morgan fingerprint density at radius 1 is 1.00 bits per heavy atom. The highest BCUT2D eigenvalue weighted by molar-refractivity contribution is 7.89. The van der Waals surface area contributed by atoms with E-state index in [-0.39, 0.29) is 23.8 Å². The Hall–Kier alpha value is -2.74. The van der Waals surface area contributed by atoms with Crippen LogP contribution < -0.4 is 5.32 Å². The summed E-state index contributed by atoms with van der Waals surface area (Å²) < 4.78 is 40.9.